The highest BCUT2D eigenvalue weighted by molar-refractivity contribution is 6.04. The molecular formula is C50H52N2O6. The lowest BCUT2D eigenvalue weighted by Crippen LogP contribution is -2.12. The summed E-state index contributed by atoms with van der Waals surface area (Å²) in [6, 6.07) is 46.8. The van der Waals surface area contributed by atoms with E-state index in [0.29, 0.717) is 48.6 Å². The van der Waals surface area contributed by atoms with Gasteiger partial charge >= 0.3 is 11.9 Å². The van der Waals surface area contributed by atoms with E-state index in [4.69, 9.17) is 30.4 Å². The number of carbonyl (C=O) groups excluding carboxylic acids is 2. The van der Waals surface area contributed by atoms with E-state index in [9.17, 15) is 9.59 Å². The van der Waals surface area contributed by atoms with Crippen molar-refractivity contribution in [2.24, 2.45) is 0 Å². The molecule has 0 aromatic heterocycles. The number of hydrogen-bond acceptors (Lipinski definition) is 8. The van der Waals surface area contributed by atoms with E-state index in [1.807, 2.05) is 60.7 Å². The summed E-state index contributed by atoms with van der Waals surface area (Å²) in [4.78, 5) is 26.7. The number of rotatable bonds is 21. The van der Waals surface area contributed by atoms with Crippen molar-refractivity contribution in [1.29, 1.82) is 0 Å². The molecule has 0 unspecified atom stereocenters. The summed E-state index contributed by atoms with van der Waals surface area (Å²) in [6.07, 6.45) is 6.88. The Kier molecular flexibility index (Phi) is 15.4. The molecule has 6 aromatic carbocycles. The van der Waals surface area contributed by atoms with Crippen molar-refractivity contribution in [3.63, 3.8) is 0 Å². The van der Waals surface area contributed by atoms with Crippen LogP contribution in [0.2, 0.25) is 0 Å². The van der Waals surface area contributed by atoms with Crippen LogP contribution in [0.15, 0.2) is 146 Å². The van der Waals surface area contributed by atoms with E-state index >= 15 is 0 Å². The quantitative estimate of drug-likeness (QED) is 0.0421. The minimum Gasteiger partial charge on any atom is -0.494 e. The molecule has 4 N–H and O–H groups in total. The van der Waals surface area contributed by atoms with Crippen LogP contribution in [-0.4, -0.2) is 38.4 Å². The summed E-state index contributed by atoms with van der Waals surface area (Å²) in [5, 5.41) is 0. The summed E-state index contributed by atoms with van der Waals surface area (Å²) in [7, 11) is 0. The van der Waals surface area contributed by atoms with Gasteiger partial charge in [0.1, 0.15) is 11.5 Å². The summed E-state index contributed by atoms with van der Waals surface area (Å²) in [5.41, 5.74) is 19.3. The Morgan fingerprint density at radius 3 is 1.10 bits per heavy atom. The predicted octanol–water partition coefficient (Wildman–Crippen LogP) is 11.4. The number of ether oxygens (including phenoxy) is 4. The SMILES string of the molecule is Nc1ccc(-c2ccc(N)cc2C(=O)OCCCCCCOc2ccc(-c3ccccc3)cc2)c(C(=O)OCCCCCCOc2ccc(-c3ccccc3)cc2)c1. The average Bonchev–Trinajstić information content (AvgIpc) is 3.26. The molecule has 0 saturated carbocycles. The van der Waals surface area contributed by atoms with Crippen LogP contribution in [0.1, 0.15) is 72.1 Å². The van der Waals surface area contributed by atoms with Gasteiger partial charge in [-0.15, -0.1) is 0 Å². The highest BCUT2D eigenvalue weighted by Crippen LogP contribution is 2.32. The fourth-order valence-corrected chi connectivity index (χ4v) is 6.66. The number of unbranched alkanes of at least 4 members (excludes halogenated alkanes) is 6. The van der Waals surface area contributed by atoms with Crippen LogP contribution in [-0.2, 0) is 9.47 Å². The van der Waals surface area contributed by atoms with Crippen LogP contribution < -0.4 is 20.9 Å². The minimum atomic E-state index is -0.506. The second kappa shape index (κ2) is 21.7. The van der Waals surface area contributed by atoms with Crippen molar-refractivity contribution < 1.29 is 28.5 Å². The molecule has 6 aromatic rings. The van der Waals surface area contributed by atoms with E-state index in [1.165, 1.54) is 11.1 Å². The molecule has 8 nitrogen and oxygen atoms in total. The third kappa shape index (κ3) is 12.2. The van der Waals surface area contributed by atoms with E-state index in [-0.39, 0.29) is 24.3 Å². The highest BCUT2D eigenvalue weighted by Gasteiger charge is 2.21. The van der Waals surface area contributed by atoms with Gasteiger partial charge in [-0.25, -0.2) is 9.59 Å². The van der Waals surface area contributed by atoms with E-state index in [1.54, 1.807) is 36.4 Å². The van der Waals surface area contributed by atoms with Crippen LogP contribution in [0.5, 0.6) is 11.5 Å². The molecule has 6 rings (SSSR count). The number of benzene rings is 6. The first kappa shape index (κ1) is 41.1. The standard InChI is InChI=1S/C50H52N2O6/c51-41-23-29-45(47(35-41)49(53)57-33-13-3-1-11-31-55-43-25-19-39(20-26-43)37-15-7-5-8-16-37)46-30-24-42(52)36-48(46)50(54)58-34-14-4-2-12-32-56-44-27-21-40(22-28-44)38-17-9-6-10-18-38/h5-10,15-30,35-36H,1-4,11-14,31-34,51-52H2. The van der Waals surface area contributed by atoms with Gasteiger partial charge in [-0.05, 0) is 133 Å². The fraction of sp³-hybridized carbons (Fsp3) is 0.240. The number of nitrogens with two attached hydrogens (primary N) is 2. The molecule has 58 heavy (non-hydrogen) atoms. The molecule has 298 valence electrons. The highest BCUT2D eigenvalue weighted by atomic mass is 16.5. The van der Waals surface area contributed by atoms with Crippen LogP contribution in [0.3, 0.4) is 0 Å². The molecule has 0 fully saturated rings. The normalized spacial score (nSPS) is 10.8. The molecule has 0 amide bonds. The predicted molar refractivity (Wildman–Crippen MR) is 233 cm³/mol. The monoisotopic (exact) mass is 776 g/mol. The number of carbonyl (C=O) groups is 2. The van der Waals surface area contributed by atoms with Gasteiger partial charge in [-0.3, -0.25) is 0 Å². The lowest BCUT2D eigenvalue weighted by molar-refractivity contribution is 0.0486. The number of anilines is 2. The van der Waals surface area contributed by atoms with Crippen molar-refractivity contribution >= 4 is 23.3 Å². The van der Waals surface area contributed by atoms with Gasteiger partial charge in [0.15, 0.2) is 0 Å². The molecule has 0 spiro atoms. The first-order chi connectivity index (χ1) is 28.4. The fourth-order valence-electron chi connectivity index (χ4n) is 6.66. The number of hydrogen-bond donors (Lipinski definition) is 2. The van der Waals surface area contributed by atoms with Gasteiger partial charge in [0.25, 0.3) is 0 Å². The summed E-state index contributed by atoms with van der Waals surface area (Å²) in [5.74, 6) is 0.682. The summed E-state index contributed by atoms with van der Waals surface area (Å²) < 4.78 is 23.2. The van der Waals surface area contributed by atoms with Gasteiger partial charge in [-0.2, -0.15) is 0 Å². The van der Waals surface area contributed by atoms with Crippen molar-refractivity contribution in [2.75, 3.05) is 37.9 Å². The zero-order valence-corrected chi connectivity index (χ0v) is 32.9. The largest absolute Gasteiger partial charge is 0.494 e. The number of nitrogen functional groups attached to an aromatic ring is 2. The first-order valence-electron chi connectivity index (χ1n) is 20.1. The first-order valence-corrected chi connectivity index (χ1v) is 20.1. The second-order valence-electron chi connectivity index (χ2n) is 14.2. The third-order valence-corrected chi connectivity index (χ3v) is 9.82. The Hall–Kier alpha value is -6.54. The van der Waals surface area contributed by atoms with Crippen LogP contribution >= 0.6 is 0 Å². The molecule has 0 heterocycles. The van der Waals surface area contributed by atoms with Crippen molar-refractivity contribution in [2.45, 2.75) is 51.4 Å². The molecule has 0 radical (unpaired) electrons. The van der Waals surface area contributed by atoms with Crippen LogP contribution in [0.25, 0.3) is 33.4 Å². The maximum absolute atomic E-state index is 13.4. The number of esters is 2. The Morgan fingerprint density at radius 2 is 0.724 bits per heavy atom. The lowest BCUT2D eigenvalue weighted by atomic mass is 9.94. The zero-order chi connectivity index (χ0) is 40.4. The van der Waals surface area contributed by atoms with Gasteiger partial charge in [0.05, 0.1) is 37.6 Å². The molecule has 0 bridgehead atoms. The van der Waals surface area contributed by atoms with Crippen molar-refractivity contribution in [3.8, 4) is 44.9 Å². The molecule has 0 saturated heterocycles. The van der Waals surface area contributed by atoms with Gasteiger partial charge in [0, 0.05) is 11.4 Å². The summed E-state index contributed by atoms with van der Waals surface area (Å²) >= 11 is 0. The Morgan fingerprint density at radius 1 is 0.379 bits per heavy atom. The van der Waals surface area contributed by atoms with Crippen molar-refractivity contribution in [3.05, 3.63) is 157 Å². The summed E-state index contributed by atoms with van der Waals surface area (Å²) in [6.45, 7) is 1.76. The van der Waals surface area contributed by atoms with Crippen LogP contribution in [0.4, 0.5) is 11.4 Å². The minimum absolute atomic E-state index is 0.263. The van der Waals surface area contributed by atoms with Gasteiger partial charge < -0.3 is 30.4 Å². The Bertz CT molecular complexity index is 2030. The molecular weight excluding hydrogens is 725 g/mol. The molecule has 0 aliphatic carbocycles. The third-order valence-electron chi connectivity index (χ3n) is 9.82. The van der Waals surface area contributed by atoms with Crippen LogP contribution in [0, 0.1) is 0 Å². The Labute approximate surface area is 341 Å². The van der Waals surface area contributed by atoms with Gasteiger partial charge in [0.2, 0.25) is 0 Å². The molecule has 0 aliphatic heterocycles. The maximum atomic E-state index is 13.4. The molecule has 0 aliphatic rings. The average molecular weight is 777 g/mol. The van der Waals surface area contributed by atoms with E-state index in [2.05, 4.69) is 48.5 Å². The van der Waals surface area contributed by atoms with Crippen molar-refractivity contribution in [1.82, 2.24) is 0 Å². The zero-order valence-electron chi connectivity index (χ0n) is 32.9. The van der Waals surface area contributed by atoms with E-state index < -0.39 is 11.9 Å². The lowest BCUT2D eigenvalue weighted by Gasteiger charge is -2.15. The molecule has 0 atom stereocenters. The molecule has 8 heteroatoms. The smallest absolute Gasteiger partial charge is 0.338 e. The Balaban J connectivity index is 0.901. The second-order valence-corrected chi connectivity index (χ2v) is 14.2. The maximum Gasteiger partial charge on any atom is 0.338 e. The van der Waals surface area contributed by atoms with E-state index in [0.717, 1.165) is 61.2 Å². The van der Waals surface area contributed by atoms with Gasteiger partial charge in [-0.1, -0.05) is 97.1 Å². The topological polar surface area (TPSA) is 123 Å².